The van der Waals surface area contributed by atoms with E-state index in [0.29, 0.717) is 0 Å². The van der Waals surface area contributed by atoms with E-state index in [0.717, 1.165) is 9.13 Å². The third kappa shape index (κ3) is 1.53. The Hall–Kier alpha value is -0.450. The van der Waals surface area contributed by atoms with E-state index >= 15 is 0 Å². The van der Waals surface area contributed by atoms with Crippen molar-refractivity contribution in [3.05, 3.63) is 27.6 Å². The minimum atomic E-state index is 0.0896. The smallest absolute Gasteiger partial charge is 0.160 e. The Balaban J connectivity index is 3.15. The molecule has 0 unspecified atom stereocenters. The molecule has 1 aromatic heterocycles. The van der Waals surface area contributed by atoms with Crippen molar-refractivity contribution < 1.29 is 4.79 Å². The van der Waals surface area contributed by atoms with E-state index in [9.17, 15) is 4.79 Å². The Morgan fingerprint density at radius 1 is 1.70 bits per heavy atom. The molecule has 0 spiro atoms. The average Bonchev–Trinajstić information content (AvgIpc) is 1.88. The molecule has 1 aromatic rings. The van der Waals surface area contributed by atoms with Crippen molar-refractivity contribution in [2.45, 2.75) is 6.92 Å². The highest BCUT2D eigenvalue weighted by Crippen LogP contribution is 2.09. The van der Waals surface area contributed by atoms with Crippen LogP contribution < -0.4 is 0 Å². The molecule has 10 heavy (non-hydrogen) atoms. The summed E-state index contributed by atoms with van der Waals surface area (Å²) in [4.78, 5) is 14.7. The van der Waals surface area contributed by atoms with E-state index in [2.05, 4.69) is 27.6 Å². The van der Waals surface area contributed by atoms with Gasteiger partial charge in [0.25, 0.3) is 0 Å². The molecule has 0 aliphatic rings. The quantitative estimate of drug-likeness (QED) is 0.560. The highest BCUT2D eigenvalue weighted by molar-refractivity contribution is 14.1. The van der Waals surface area contributed by atoms with E-state index in [1.54, 1.807) is 25.4 Å². The van der Waals surface area contributed by atoms with Crippen LogP contribution in [0.3, 0.4) is 0 Å². The SMILES string of the molecule is CC(=O)c1ccncc1I. The summed E-state index contributed by atoms with van der Waals surface area (Å²) in [6.45, 7) is 1.55. The van der Waals surface area contributed by atoms with Crippen LogP contribution in [-0.2, 0) is 0 Å². The summed E-state index contributed by atoms with van der Waals surface area (Å²) in [6, 6.07) is 1.73. The number of nitrogens with zero attached hydrogens (tertiary/aromatic N) is 1. The molecule has 0 saturated carbocycles. The van der Waals surface area contributed by atoms with Gasteiger partial charge in [-0.3, -0.25) is 9.78 Å². The molecule has 0 amide bonds. The number of hydrogen-bond acceptors (Lipinski definition) is 2. The third-order valence-electron chi connectivity index (χ3n) is 1.15. The lowest BCUT2D eigenvalue weighted by atomic mass is 10.2. The van der Waals surface area contributed by atoms with Gasteiger partial charge in [0, 0.05) is 21.5 Å². The fourth-order valence-electron chi connectivity index (χ4n) is 0.661. The molecule has 0 N–H and O–H groups in total. The summed E-state index contributed by atoms with van der Waals surface area (Å²) < 4.78 is 0.910. The van der Waals surface area contributed by atoms with Crippen LogP contribution >= 0.6 is 22.6 Å². The monoisotopic (exact) mass is 247 g/mol. The normalized spacial score (nSPS) is 9.40. The summed E-state index contributed by atoms with van der Waals surface area (Å²) in [7, 11) is 0. The maximum atomic E-state index is 10.8. The van der Waals surface area contributed by atoms with Gasteiger partial charge in [-0.15, -0.1) is 0 Å². The largest absolute Gasteiger partial charge is 0.294 e. The lowest BCUT2D eigenvalue weighted by molar-refractivity contribution is 0.101. The van der Waals surface area contributed by atoms with Crippen molar-refractivity contribution in [3.8, 4) is 0 Å². The first-order valence-electron chi connectivity index (χ1n) is 2.82. The average molecular weight is 247 g/mol. The number of rotatable bonds is 1. The number of hydrogen-bond donors (Lipinski definition) is 0. The molecule has 0 bridgehead atoms. The Morgan fingerprint density at radius 2 is 2.40 bits per heavy atom. The van der Waals surface area contributed by atoms with E-state index < -0.39 is 0 Å². The summed E-state index contributed by atoms with van der Waals surface area (Å²) in [5.74, 6) is 0.0896. The molecule has 52 valence electrons. The number of ketones is 1. The van der Waals surface area contributed by atoms with E-state index in [1.807, 2.05) is 0 Å². The van der Waals surface area contributed by atoms with Crippen LogP contribution in [0.15, 0.2) is 18.5 Å². The van der Waals surface area contributed by atoms with Gasteiger partial charge in [-0.05, 0) is 35.6 Å². The van der Waals surface area contributed by atoms with Gasteiger partial charge in [0.1, 0.15) is 0 Å². The van der Waals surface area contributed by atoms with Crippen molar-refractivity contribution in [1.29, 1.82) is 0 Å². The van der Waals surface area contributed by atoms with Crippen molar-refractivity contribution >= 4 is 28.4 Å². The van der Waals surface area contributed by atoms with Crippen LogP contribution in [0.2, 0.25) is 0 Å². The van der Waals surface area contributed by atoms with Gasteiger partial charge in [-0.25, -0.2) is 0 Å². The molecule has 1 heterocycles. The minimum absolute atomic E-state index is 0.0896. The number of carbonyl (C=O) groups excluding carboxylic acids is 1. The number of halogens is 1. The summed E-state index contributed by atoms with van der Waals surface area (Å²) in [5, 5.41) is 0. The Bertz CT molecular complexity index is 260. The van der Waals surface area contributed by atoms with E-state index in [1.165, 1.54) is 0 Å². The fourth-order valence-corrected chi connectivity index (χ4v) is 1.38. The molecule has 0 atom stereocenters. The highest BCUT2D eigenvalue weighted by atomic mass is 127. The first-order valence-corrected chi connectivity index (χ1v) is 3.90. The van der Waals surface area contributed by atoms with Crippen molar-refractivity contribution in [3.63, 3.8) is 0 Å². The predicted octanol–water partition coefficient (Wildman–Crippen LogP) is 1.89. The number of pyridine rings is 1. The van der Waals surface area contributed by atoms with Crippen molar-refractivity contribution in [1.82, 2.24) is 4.98 Å². The van der Waals surface area contributed by atoms with E-state index in [4.69, 9.17) is 0 Å². The maximum absolute atomic E-state index is 10.8. The molecular formula is C7H6INO. The van der Waals surface area contributed by atoms with Gasteiger partial charge in [0.15, 0.2) is 5.78 Å². The molecule has 0 aromatic carbocycles. The van der Waals surface area contributed by atoms with Crippen LogP contribution in [0.25, 0.3) is 0 Å². The summed E-state index contributed by atoms with van der Waals surface area (Å²) >= 11 is 2.09. The number of Topliss-reactive ketones (excluding diaryl/α,β-unsaturated/α-hetero) is 1. The minimum Gasteiger partial charge on any atom is -0.294 e. The maximum Gasteiger partial charge on any atom is 0.160 e. The zero-order valence-corrected chi connectivity index (χ0v) is 7.62. The van der Waals surface area contributed by atoms with E-state index in [-0.39, 0.29) is 5.78 Å². The zero-order valence-electron chi connectivity index (χ0n) is 5.47. The van der Waals surface area contributed by atoms with Crippen LogP contribution in [0, 0.1) is 3.57 Å². The lowest BCUT2D eigenvalue weighted by Gasteiger charge is -1.95. The highest BCUT2D eigenvalue weighted by Gasteiger charge is 2.01. The van der Waals surface area contributed by atoms with Gasteiger partial charge < -0.3 is 0 Å². The lowest BCUT2D eigenvalue weighted by Crippen LogP contribution is -1.95. The zero-order chi connectivity index (χ0) is 7.56. The standard InChI is InChI=1S/C7H6INO/c1-5(10)6-2-3-9-4-7(6)8/h2-4H,1H3. The Morgan fingerprint density at radius 3 is 2.80 bits per heavy atom. The Labute approximate surface area is 72.8 Å². The third-order valence-corrected chi connectivity index (χ3v) is 2.01. The summed E-state index contributed by atoms with van der Waals surface area (Å²) in [5.41, 5.74) is 0.746. The molecule has 0 fully saturated rings. The molecule has 2 nitrogen and oxygen atoms in total. The van der Waals surface area contributed by atoms with Crippen LogP contribution in [0.4, 0.5) is 0 Å². The first-order chi connectivity index (χ1) is 4.72. The molecular weight excluding hydrogens is 241 g/mol. The van der Waals surface area contributed by atoms with Gasteiger partial charge in [-0.1, -0.05) is 0 Å². The molecule has 0 radical (unpaired) electrons. The molecule has 1 rings (SSSR count). The second kappa shape index (κ2) is 3.09. The molecule has 0 aliphatic carbocycles. The van der Waals surface area contributed by atoms with Crippen LogP contribution in [0.5, 0.6) is 0 Å². The molecule has 0 saturated heterocycles. The van der Waals surface area contributed by atoms with Crippen molar-refractivity contribution in [2.75, 3.05) is 0 Å². The fraction of sp³-hybridized carbons (Fsp3) is 0.143. The number of carbonyl (C=O) groups is 1. The van der Waals surface area contributed by atoms with Gasteiger partial charge in [0.05, 0.1) is 0 Å². The first kappa shape index (κ1) is 7.65. The predicted molar refractivity (Wildman–Crippen MR) is 47.0 cm³/mol. The second-order valence-corrected chi connectivity index (χ2v) is 3.07. The van der Waals surface area contributed by atoms with Crippen LogP contribution in [-0.4, -0.2) is 10.8 Å². The topological polar surface area (TPSA) is 30.0 Å². The Kier molecular flexibility index (Phi) is 2.37. The van der Waals surface area contributed by atoms with Crippen LogP contribution in [0.1, 0.15) is 17.3 Å². The van der Waals surface area contributed by atoms with Gasteiger partial charge in [0.2, 0.25) is 0 Å². The van der Waals surface area contributed by atoms with Gasteiger partial charge >= 0.3 is 0 Å². The summed E-state index contributed by atoms with van der Waals surface area (Å²) in [6.07, 6.45) is 3.30. The molecule has 3 heteroatoms. The number of aromatic nitrogens is 1. The van der Waals surface area contributed by atoms with Crippen molar-refractivity contribution in [2.24, 2.45) is 0 Å². The second-order valence-electron chi connectivity index (χ2n) is 1.91. The van der Waals surface area contributed by atoms with Gasteiger partial charge in [-0.2, -0.15) is 0 Å². The molecule has 0 aliphatic heterocycles.